The molecule has 2 rings (SSSR count). The molecule has 1 saturated heterocycles. The molecule has 5 heteroatoms. The first kappa shape index (κ1) is 14.5. The fourth-order valence-electron chi connectivity index (χ4n) is 2.23. The van der Waals surface area contributed by atoms with Crippen molar-refractivity contribution in [2.75, 3.05) is 20.2 Å². The van der Waals surface area contributed by atoms with Crippen molar-refractivity contribution in [1.29, 1.82) is 5.26 Å². The van der Waals surface area contributed by atoms with Crippen LogP contribution in [0, 0.1) is 17.2 Å². The standard InChI is InChI=1S/C13H14N2O2.ClH/c1-17-13(16)12-8-15-7-11(12)10-4-2-9(6-14)3-5-10;/h2-5,11-12,15H,7-8H2,1H3;1H/t11-,12+;/m1./s1. The highest BCUT2D eigenvalue weighted by Crippen LogP contribution is 2.29. The molecule has 1 aromatic carbocycles. The molecule has 1 heterocycles. The van der Waals surface area contributed by atoms with Crippen LogP contribution < -0.4 is 5.32 Å². The number of carbonyl (C=O) groups excluding carboxylic acids is 1. The van der Waals surface area contributed by atoms with Crippen molar-refractivity contribution in [3.63, 3.8) is 0 Å². The summed E-state index contributed by atoms with van der Waals surface area (Å²) in [5, 5.41) is 11.9. The third kappa shape index (κ3) is 2.81. The van der Waals surface area contributed by atoms with E-state index in [1.54, 1.807) is 12.1 Å². The molecule has 4 nitrogen and oxygen atoms in total. The van der Waals surface area contributed by atoms with Gasteiger partial charge >= 0.3 is 5.97 Å². The highest BCUT2D eigenvalue weighted by atomic mass is 35.5. The third-order valence-corrected chi connectivity index (χ3v) is 3.19. The number of hydrogen-bond acceptors (Lipinski definition) is 4. The quantitative estimate of drug-likeness (QED) is 0.823. The average molecular weight is 267 g/mol. The van der Waals surface area contributed by atoms with Gasteiger partial charge in [0, 0.05) is 19.0 Å². The lowest BCUT2D eigenvalue weighted by atomic mass is 9.88. The molecule has 1 aliphatic rings. The minimum Gasteiger partial charge on any atom is -0.469 e. The molecule has 0 unspecified atom stereocenters. The molecular weight excluding hydrogens is 252 g/mol. The van der Waals surface area contributed by atoms with E-state index < -0.39 is 0 Å². The highest BCUT2D eigenvalue weighted by Gasteiger charge is 2.34. The van der Waals surface area contributed by atoms with E-state index in [-0.39, 0.29) is 30.2 Å². The molecule has 0 saturated carbocycles. The number of ether oxygens (including phenoxy) is 1. The van der Waals surface area contributed by atoms with Crippen LogP contribution in [0.3, 0.4) is 0 Å². The Balaban J connectivity index is 0.00000162. The number of nitrogens with zero attached hydrogens (tertiary/aromatic N) is 1. The Bertz CT molecular complexity index is 453. The van der Waals surface area contributed by atoms with Crippen molar-refractivity contribution >= 4 is 18.4 Å². The van der Waals surface area contributed by atoms with Crippen molar-refractivity contribution in [3.8, 4) is 6.07 Å². The Hall–Kier alpha value is -1.57. The Morgan fingerprint density at radius 1 is 1.39 bits per heavy atom. The maximum absolute atomic E-state index is 11.6. The summed E-state index contributed by atoms with van der Waals surface area (Å²) in [4.78, 5) is 11.6. The van der Waals surface area contributed by atoms with Crippen molar-refractivity contribution in [3.05, 3.63) is 35.4 Å². The van der Waals surface area contributed by atoms with Crippen LogP contribution in [0.25, 0.3) is 0 Å². The van der Waals surface area contributed by atoms with E-state index in [1.165, 1.54) is 7.11 Å². The number of carbonyl (C=O) groups is 1. The van der Waals surface area contributed by atoms with Crippen LogP contribution in [0.5, 0.6) is 0 Å². The fraction of sp³-hybridized carbons (Fsp3) is 0.385. The zero-order chi connectivity index (χ0) is 12.3. The van der Waals surface area contributed by atoms with E-state index in [2.05, 4.69) is 11.4 Å². The van der Waals surface area contributed by atoms with E-state index >= 15 is 0 Å². The van der Waals surface area contributed by atoms with Crippen molar-refractivity contribution in [2.45, 2.75) is 5.92 Å². The predicted octanol–water partition coefficient (Wildman–Crippen LogP) is 1.46. The van der Waals surface area contributed by atoms with Gasteiger partial charge in [0.05, 0.1) is 24.7 Å². The van der Waals surface area contributed by atoms with Gasteiger partial charge in [0.15, 0.2) is 0 Å². The number of halogens is 1. The van der Waals surface area contributed by atoms with Gasteiger partial charge in [0.1, 0.15) is 0 Å². The van der Waals surface area contributed by atoms with Gasteiger partial charge in [-0.3, -0.25) is 4.79 Å². The number of esters is 1. The van der Waals surface area contributed by atoms with E-state index in [4.69, 9.17) is 10.00 Å². The highest BCUT2D eigenvalue weighted by molar-refractivity contribution is 5.85. The van der Waals surface area contributed by atoms with E-state index in [0.29, 0.717) is 12.1 Å². The van der Waals surface area contributed by atoms with Crippen LogP contribution in [0.4, 0.5) is 0 Å². The number of hydrogen-bond donors (Lipinski definition) is 1. The molecule has 2 atom stereocenters. The molecule has 0 radical (unpaired) electrons. The van der Waals surface area contributed by atoms with Crippen LogP contribution in [0.2, 0.25) is 0 Å². The topological polar surface area (TPSA) is 62.1 Å². The van der Waals surface area contributed by atoms with Gasteiger partial charge in [0.25, 0.3) is 0 Å². The monoisotopic (exact) mass is 266 g/mol. The number of benzene rings is 1. The van der Waals surface area contributed by atoms with Gasteiger partial charge in [0.2, 0.25) is 0 Å². The largest absolute Gasteiger partial charge is 0.469 e. The number of rotatable bonds is 2. The fourth-order valence-corrected chi connectivity index (χ4v) is 2.23. The van der Waals surface area contributed by atoms with Crippen molar-refractivity contribution in [2.24, 2.45) is 5.92 Å². The molecule has 0 aromatic heterocycles. The molecule has 1 N–H and O–H groups in total. The first-order valence-corrected chi connectivity index (χ1v) is 5.55. The van der Waals surface area contributed by atoms with Crippen molar-refractivity contribution < 1.29 is 9.53 Å². The van der Waals surface area contributed by atoms with Crippen LogP contribution in [-0.2, 0) is 9.53 Å². The summed E-state index contributed by atoms with van der Waals surface area (Å²) in [6.07, 6.45) is 0. The lowest BCUT2D eigenvalue weighted by Crippen LogP contribution is -2.22. The first-order valence-electron chi connectivity index (χ1n) is 5.55. The van der Waals surface area contributed by atoms with Crippen LogP contribution in [-0.4, -0.2) is 26.2 Å². The smallest absolute Gasteiger partial charge is 0.310 e. The van der Waals surface area contributed by atoms with Gasteiger partial charge in [-0.2, -0.15) is 5.26 Å². The third-order valence-electron chi connectivity index (χ3n) is 3.19. The lowest BCUT2D eigenvalue weighted by molar-refractivity contribution is -0.145. The minimum atomic E-state index is -0.177. The van der Waals surface area contributed by atoms with Gasteiger partial charge in [-0.1, -0.05) is 12.1 Å². The summed E-state index contributed by atoms with van der Waals surface area (Å²) in [5.74, 6) is -0.174. The minimum absolute atomic E-state index is 0. The van der Waals surface area contributed by atoms with Gasteiger partial charge < -0.3 is 10.1 Å². The Labute approximate surface area is 112 Å². The lowest BCUT2D eigenvalue weighted by Gasteiger charge is -2.16. The summed E-state index contributed by atoms with van der Waals surface area (Å²) in [6, 6.07) is 9.46. The second kappa shape index (κ2) is 6.39. The summed E-state index contributed by atoms with van der Waals surface area (Å²) in [6.45, 7) is 1.42. The second-order valence-electron chi connectivity index (χ2n) is 4.13. The molecule has 0 bridgehead atoms. The molecule has 18 heavy (non-hydrogen) atoms. The zero-order valence-electron chi connectivity index (χ0n) is 10.1. The molecule has 1 aliphatic heterocycles. The Morgan fingerprint density at radius 2 is 2.06 bits per heavy atom. The average Bonchev–Trinajstić information content (AvgIpc) is 2.87. The van der Waals surface area contributed by atoms with Crippen molar-refractivity contribution in [1.82, 2.24) is 5.32 Å². The van der Waals surface area contributed by atoms with Gasteiger partial charge in [-0.05, 0) is 17.7 Å². The van der Waals surface area contributed by atoms with Crippen LogP contribution >= 0.6 is 12.4 Å². The van der Waals surface area contributed by atoms with E-state index in [1.807, 2.05) is 12.1 Å². The summed E-state index contributed by atoms with van der Waals surface area (Å²) < 4.78 is 4.80. The summed E-state index contributed by atoms with van der Waals surface area (Å²) in [5.41, 5.74) is 1.71. The first-order chi connectivity index (χ1) is 8.26. The number of methoxy groups -OCH3 is 1. The molecular formula is C13H15ClN2O2. The Morgan fingerprint density at radius 3 is 2.61 bits per heavy atom. The zero-order valence-corrected chi connectivity index (χ0v) is 10.9. The van der Waals surface area contributed by atoms with Crippen LogP contribution in [0.1, 0.15) is 17.0 Å². The predicted molar refractivity (Wildman–Crippen MR) is 69.5 cm³/mol. The second-order valence-corrected chi connectivity index (χ2v) is 4.13. The molecule has 1 aromatic rings. The molecule has 0 spiro atoms. The molecule has 1 fully saturated rings. The number of nitriles is 1. The van der Waals surface area contributed by atoms with E-state index in [9.17, 15) is 4.79 Å². The molecule has 0 amide bonds. The van der Waals surface area contributed by atoms with Crippen LogP contribution in [0.15, 0.2) is 24.3 Å². The summed E-state index contributed by atoms with van der Waals surface area (Å²) >= 11 is 0. The number of nitrogens with one attached hydrogen (secondary N) is 1. The summed E-state index contributed by atoms with van der Waals surface area (Å²) in [7, 11) is 1.41. The Kier molecular flexibility index (Phi) is 5.14. The normalized spacial score (nSPS) is 21.8. The molecule has 96 valence electrons. The van der Waals surface area contributed by atoms with Gasteiger partial charge in [-0.15, -0.1) is 12.4 Å². The van der Waals surface area contributed by atoms with E-state index in [0.717, 1.165) is 12.1 Å². The maximum atomic E-state index is 11.6. The maximum Gasteiger partial charge on any atom is 0.310 e. The van der Waals surface area contributed by atoms with Gasteiger partial charge in [-0.25, -0.2) is 0 Å². The SMILES string of the molecule is COC(=O)[C@H]1CNC[C@@H]1c1ccc(C#N)cc1.Cl. The molecule has 0 aliphatic carbocycles.